The Morgan fingerprint density at radius 2 is 1.96 bits per heavy atom. The Morgan fingerprint density at radius 1 is 1.29 bits per heavy atom. The smallest absolute Gasteiger partial charge is 0.340 e. The van der Waals surface area contributed by atoms with Crippen molar-refractivity contribution >= 4 is 44.6 Å². The Kier molecular flexibility index (Phi) is 6.37. The number of aromatic hydroxyl groups is 1. The molecule has 0 aliphatic rings. The maximum Gasteiger partial charge on any atom is 0.340 e. The number of aromatic nitrogens is 1. The molecule has 0 atom stereocenters. The molecule has 7 heteroatoms. The van der Waals surface area contributed by atoms with Gasteiger partial charge in [-0.1, -0.05) is 18.2 Å². The highest BCUT2D eigenvalue weighted by molar-refractivity contribution is 9.10. The monoisotopic (exact) mass is 462 g/mol. The zero-order valence-corrected chi connectivity index (χ0v) is 18.7. The molecule has 0 spiro atoms. The summed E-state index contributed by atoms with van der Waals surface area (Å²) < 4.78 is 7.73. The fourth-order valence-electron chi connectivity index (χ4n) is 3.31. The van der Waals surface area contributed by atoms with E-state index in [2.05, 4.69) is 15.9 Å². The minimum Gasteiger partial charge on any atom is -0.506 e. The third-order valence-electron chi connectivity index (χ3n) is 4.62. The highest BCUT2D eigenvalue weighted by atomic mass is 79.9. The van der Waals surface area contributed by atoms with E-state index in [-0.39, 0.29) is 5.75 Å². The third-order valence-corrected chi connectivity index (χ3v) is 6.25. The van der Waals surface area contributed by atoms with E-state index in [0.29, 0.717) is 27.9 Å². The van der Waals surface area contributed by atoms with Gasteiger partial charge in [0.15, 0.2) is 0 Å². The quantitative estimate of drug-likeness (QED) is 0.421. The first kappa shape index (κ1) is 20.8. The minimum absolute atomic E-state index is 0.152. The van der Waals surface area contributed by atoms with E-state index in [4.69, 9.17) is 4.74 Å². The number of methoxy groups -OCH3 is 1. The number of benzene rings is 2. The zero-order valence-electron chi connectivity index (χ0n) is 16.3. The molecular formula is C21H23BrN2O3S. The van der Waals surface area contributed by atoms with Crippen LogP contribution in [0.15, 0.2) is 45.8 Å². The molecule has 0 bridgehead atoms. The van der Waals surface area contributed by atoms with Gasteiger partial charge in [0.1, 0.15) is 5.75 Å². The number of fused-ring (bicyclic) bond motifs is 1. The van der Waals surface area contributed by atoms with Crippen molar-refractivity contribution in [1.29, 1.82) is 0 Å². The molecule has 3 rings (SSSR count). The van der Waals surface area contributed by atoms with Crippen molar-refractivity contribution in [2.24, 2.45) is 7.05 Å². The summed E-state index contributed by atoms with van der Waals surface area (Å²) in [5, 5.41) is 11.4. The molecule has 0 aliphatic carbocycles. The fraction of sp³-hybridized carbons (Fsp3) is 0.286. The summed E-state index contributed by atoms with van der Waals surface area (Å²) in [6, 6.07) is 11.9. The van der Waals surface area contributed by atoms with Gasteiger partial charge in [-0.25, -0.2) is 4.79 Å². The van der Waals surface area contributed by atoms with Crippen LogP contribution in [-0.4, -0.2) is 41.7 Å². The first-order chi connectivity index (χ1) is 13.3. The van der Waals surface area contributed by atoms with Crippen molar-refractivity contribution in [3.63, 3.8) is 0 Å². The van der Waals surface area contributed by atoms with Crippen molar-refractivity contribution in [2.45, 2.75) is 17.2 Å². The number of phenolic OH excluding ortho intramolecular Hbond substituents is 1. The van der Waals surface area contributed by atoms with Crippen molar-refractivity contribution in [3.05, 3.63) is 57.7 Å². The highest BCUT2D eigenvalue weighted by Crippen LogP contribution is 2.40. The van der Waals surface area contributed by atoms with Gasteiger partial charge in [0, 0.05) is 40.9 Å². The van der Waals surface area contributed by atoms with E-state index < -0.39 is 5.97 Å². The summed E-state index contributed by atoms with van der Waals surface area (Å²) in [5.41, 5.74) is 2.98. The van der Waals surface area contributed by atoms with Crippen molar-refractivity contribution in [3.8, 4) is 5.75 Å². The number of hydrogen-bond donors (Lipinski definition) is 1. The van der Waals surface area contributed by atoms with Crippen LogP contribution in [0.1, 0.15) is 21.6 Å². The number of carbonyl (C=O) groups excluding carboxylic acids is 1. The second-order valence-electron chi connectivity index (χ2n) is 6.79. The van der Waals surface area contributed by atoms with Gasteiger partial charge >= 0.3 is 5.97 Å². The van der Waals surface area contributed by atoms with Crippen molar-refractivity contribution in [2.75, 3.05) is 21.2 Å². The van der Waals surface area contributed by atoms with Gasteiger partial charge in [0.2, 0.25) is 0 Å². The molecule has 0 saturated carbocycles. The summed E-state index contributed by atoms with van der Waals surface area (Å²) in [7, 11) is 7.19. The molecule has 0 radical (unpaired) electrons. The van der Waals surface area contributed by atoms with E-state index in [9.17, 15) is 9.90 Å². The molecule has 148 valence electrons. The largest absolute Gasteiger partial charge is 0.506 e. The molecule has 1 aromatic heterocycles. The summed E-state index contributed by atoms with van der Waals surface area (Å²) >= 11 is 5.11. The van der Waals surface area contributed by atoms with Gasteiger partial charge in [0.25, 0.3) is 0 Å². The van der Waals surface area contributed by atoms with E-state index in [1.165, 1.54) is 7.11 Å². The average molecular weight is 463 g/mol. The Balaban J connectivity index is 2.22. The lowest BCUT2D eigenvalue weighted by Gasteiger charge is -2.15. The van der Waals surface area contributed by atoms with Crippen LogP contribution in [-0.2, 0) is 24.1 Å². The van der Waals surface area contributed by atoms with Crippen LogP contribution in [0.5, 0.6) is 5.75 Å². The molecule has 28 heavy (non-hydrogen) atoms. The minimum atomic E-state index is -0.393. The fourth-order valence-corrected chi connectivity index (χ4v) is 4.76. The highest BCUT2D eigenvalue weighted by Gasteiger charge is 2.27. The zero-order chi connectivity index (χ0) is 20.4. The number of esters is 1. The lowest BCUT2D eigenvalue weighted by molar-refractivity contribution is 0.0601. The maximum atomic E-state index is 12.8. The first-order valence-electron chi connectivity index (χ1n) is 8.77. The number of phenols is 1. The summed E-state index contributed by atoms with van der Waals surface area (Å²) in [4.78, 5) is 15.8. The number of hydrogen-bond acceptors (Lipinski definition) is 5. The number of thioether (sulfide) groups is 1. The number of rotatable bonds is 6. The van der Waals surface area contributed by atoms with E-state index in [1.807, 2.05) is 67.0 Å². The Bertz CT molecular complexity index is 1020. The molecule has 0 amide bonds. The van der Waals surface area contributed by atoms with Crippen LogP contribution in [0, 0.1) is 0 Å². The molecule has 0 unspecified atom stereocenters. The molecular weight excluding hydrogens is 440 g/mol. The van der Waals surface area contributed by atoms with Gasteiger partial charge in [0.05, 0.1) is 22.7 Å². The Hall–Kier alpha value is -1.96. The van der Waals surface area contributed by atoms with Crippen LogP contribution >= 0.6 is 27.7 Å². The molecule has 5 nitrogen and oxygen atoms in total. The number of ether oxygens (including phenoxy) is 1. The van der Waals surface area contributed by atoms with Crippen LogP contribution in [0.25, 0.3) is 10.9 Å². The number of aryl methyl sites for hydroxylation is 1. The number of carbonyl (C=O) groups is 1. The standard InChI is InChI=1S/C21H23BrN2O3S/c1-23(2)11-14-18-16(10-15(22)20(14)25)24(3)17(19(18)21(26)27-4)12-28-13-8-6-5-7-9-13/h5-10,25H,11-12H2,1-4H3. The van der Waals surface area contributed by atoms with Crippen LogP contribution < -0.4 is 0 Å². The molecule has 3 aromatic rings. The Labute approximate surface area is 177 Å². The van der Waals surface area contributed by atoms with Gasteiger partial charge in [-0.3, -0.25) is 0 Å². The van der Waals surface area contributed by atoms with Crippen LogP contribution in [0.4, 0.5) is 0 Å². The average Bonchev–Trinajstić information content (AvgIpc) is 2.95. The van der Waals surface area contributed by atoms with Crippen LogP contribution in [0.2, 0.25) is 0 Å². The summed E-state index contributed by atoms with van der Waals surface area (Å²) in [6.45, 7) is 0.501. The Morgan fingerprint density at radius 3 is 2.57 bits per heavy atom. The van der Waals surface area contributed by atoms with Gasteiger partial charge in [-0.05, 0) is 48.2 Å². The summed E-state index contributed by atoms with van der Waals surface area (Å²) in [5.74, 6) is 0.370. The predicted octanol–water partition coefficient (Wildman–Crippen LogP) is 4.79. The van der Waals surface area contributed by atoms with E-state index >= 15 is 0 Å². The second-order valence-corrected chi connectivity index (χ2v) is 8.69. The van der Waals surface area contributed by atoms with E-state index in [0.717, 1.165) is 21.5 Å². The van der Waals surface area contributed by atoms with Crippen molar-refractivity contribution < 1.29 is 14.6 Å². The van der Waals surface area contributed by atoms with Gasteiger partial charge in [-0.15, -0.1) is 11.8 Å². The van der Waals surface area contributed by atoms with Crippen molar-refractivity contribution in [1.82, 2.24) is 9.47 Å². The lowest BCUT2D eigenvalue weighted by Crippen LogP contribution is -2.12. The summed E-state index contributed by atoms with van der Waals surface area (Å²) in [6.07, 6.45) is 0. The molecule has 0 saturated heterocycles. The molecule has 2 aromatic carbocycles. The normalized spacial score (nSPS) is 11.4. The first-order valence-corrected chi connectivity index (χ1v) is 10.6. The molecule has 0 aliphatic heterocycles. The molecule has 1 heterocycles. The van der Waals surface area contributed by atoms with Crippen LogP contribution in [0.3, 0.4) is 0 Å². The number of nitrogens with zero attached hydrogens (tertiary/aromatic N) is 2. The third kappa shape index (κ3) is 3.92. The predicted molar refractivity (Wildman–Crippen MR) is 117 cm³/mol. The van der Waals surface area contributed by atoms with E-state index in [1.54, 1.807) is 11.8 Å². The van der Waals surface area contributed by atoms with Gasteiger partial charge < -0.3 is 19.3 Å². The SMILES string of the molecule is COC(=O)c1c(CSc2ccccc2)n(C)c2cc(Br)c(O)c(CN(C)C)c12. The van der Waals surface area contributed by atoms with Gasteiger partial charge in [-0.2, -0.15) is 0 Å². The second kappa shape index (κ2) is 8.59. The molecule has 0 fully saturated rings. The lowest BCUT2D eigenvalue weighted by atomic mass is 10.0. The number of halogens is 1. The molecule has 1 N–H and O–H groups in total. The topological polar surface area (TPSA) is 54.7 Å². The maximum absolute atomic E-state index is 12.8.